The van der Waals surface area contributed by atoms with Gasteiger partial charge in [0.15, 0.2) is 23.6 Å². The molecule has 1 aliphatic heterocycles. The van der Waals surface area contributed by atoms with Gasteiger partial charge in [-0.1, -0.05) is 35.9 Å². The van der Waals surface area contributed by atoms with Crippen molar-refractivity contribution in [3.63, 3.8) is 0 Å². The minimum absolute atomic E-state index is 0.0273. The molecule has 4 aromatic rings. The number of carbonyl (C=O) groups excluding carboxylic acids is 2. The molecular formula is C33H33ClN2O10. The Balaban J connectivity index is 1.42. The number of hydrogen-bond donors (Lipinski definition) is 4. The molecule has 2 amide bonds. The van der Waals surface area contributed by atoms with Crippen molar-refractivity contribution in [2.45, 2.75) is 57.9 Å². The van der Waals surface area contributed by atoms with Crippen molar-refractivity contribution in [3.8, 4) is 22.6 Å². The number of aliphatic hydroxyl groups is 1. The van der Waals surface area contributed by atoms with Gasteiger partial charge in [-0.05, 0) is 74.7 Å². The number of nitrogens with two attached hydrogens (primary N) is 1. The number of anilines is 1. The van der Waals surface area contributed by atoms with Gasteiger partial charge in [-0.2, -0.15) is 0 Å². The van der Waals surface area contributed by atoms with E-state index in [-0.39, 0.29) is 27.8 Å². The van der Waals surface area contributed by atoms with Crippen LogP contribution in [0, 0.1) is 13.8 Å². The van der Waals surface area contributed by atoms with Gasteiger partial charge in [0.2, 0.25) is 6.29 Å². The van der Waals surface area contributed by atoms with Crippen LogP contribution >= 0.6 is 11.6 Å². The minimum Gasteiger partial charge on any atom is -0.505 e. The topological polar surface area (TPSA) is 180 Å². The fourth-order valence-electron chi connectivity index (χ4n) is 5.47. The number of nitrogens with one attached hydrogen (secondary N) is 1. The third-order valence-electron chi connectivity index (χ3n) is 7.88. The van der Waals surface area contributed by atoms with Crippen LogP contribution in [0.15, 0.2) is 63.8 Å². The second-order valence-corrected chi connectivity index (χ2v) is 11.8. The molecule has 0 radical (unpaired) electrons. The van der Waals surface area contributed by atoms with E-state index in [1.54, 1.807) is 45.0 Å². The van der Waals surface area contributed by atoms with Crippen LogP contribution in [0.5, 0.6) is 11.5 Å². The second kappa shape index (κ2) is 12.6. The summed E-state index contributed by atoms with van der Waals surface area (Å²) in [5.74, 6) is -1.02. The average molecular weight is 653 g/mol. The molecule has 0 unspecified atom stereocenters. The van der Waals surface area contributed by atoms with Crippen LogP contribution in [0.3, 0.4) is 0 Å². The zero-order valence-corrected chi connectivity index (χ0v) is 26.4. The van der Waals surface area contributed by atoms with Crippen LogP contribution in [-0.2, 0) is 14.2 Å². The Labute approximate surface area is 268 Å². The van der Waals surface area contributed by atoms with Crippen LogP contribution in [0.1, 0.15) is 35.3 Å². The number of halogens is 1. The zero-order chi connectivity index (χ0) is 33.5. The predicted octanol–water partition coefficient (Wildman–Crippen LogP) is 5.04. The lowest BCUT2D eigenvalue weighted by atomic mass is 9.89. The number of benzene rings is 3. The number of aryl methyl sites for hydroxylation is 2. The van der Waals surface area contributed by atoms with E-state index in [2.05, 4.69) is 5.32 Å². The standard InChI is InChI=1S/C33H33ClN2O10/c1-15-9-10-18(14-21(15)34)17-7-6-8-19(13-17)29(39)36-23-24(37)20-11-12-22(16(2)26(20)44-30(23)40)43-31-25(38)27(45-32(35)41)28(42-5)33(3,4)46-31/h6-14,25,27-28,31,37-38H,1-5H3,(H2,35,41)(H,36,39)/t25-,27+,28-,31-/m1/s1. The van der Waals surface area contributed by atoms with Gasteiger partial charge in [-0.3, -0.25) is 4.79 Å². The van der Waals surface area contributed by atoms with Gasteiger partial charge in [0.05, 0.1) is 11.0 Å². The van der Waals surface area contributed by atoms with Crippen molar-refractivity contribution in [2.24, 2.45) is 5.73 Å². The van der Waals surface area contributed by atoms with E-state index in [1.807, 2.05) is 25.1 Å². The van der Waals surface area contributed by atoms with E-state index >= 15 is 0 Å². The van der Waals surface area contributed by atoms with Crippen LogP contribution in [0.25, 0.3) is 22.1 Å². The number of rotatable bonds is 7. The molecule has 46 heavy (non-hydrogen) atoms. The van der Waals surface area contributed by atoms with Gasteiger partial charge < -0.3 is 44.6 Å². The van der Waals surface area contributed by atoms with E-state index in [1.165, 1.54) is 19.2 Å². The fraction of sp³-hybridized carbons (Fsp3) is 0.303. The van der Waals surface area contributed by atoms with Gasteiger partial charge >= 0.3 is 11.7 Å². The molecule has 1 saturated heterocycles. The van der Waals surface area contributed by atoms with E-state index in [9.17, 15) is 24.6 Å². The SMILES string of the molecule is CO[C@@H]1[C@@H](OC(N)=O)[C@@H](O)[C@H](Oc2ccc3c(O)c(NC(=O)c4cccc(-c5ccc(C)c(Cl)c5)c4)c(=O)oc3c2C)OC1(C)C. The van der Waals surface area contributed by atoms with Crippen molar-refractivity contribution in [1.29, 1.82) is 0 Å². The number of primary amides is 1. The molecule has 4 atom stereocenters. The highest BCUT2D eigenvalue weighted by Crippen LogP contribution is 2.38. The highest BCUT2D eigenvalue weighted by atomic mass is 35.5. The molecule has 5 N–H and O–H groups in total. The summed E-state index contributed by atoms with van der Waals surface area (Å²) in [6, 6.07) is 15.2. The molecule has 0 aliphatic carbocycles. The first-order chi connectivity index (χ1) is 21.7. The third kappa shape index (κ3) is 6.24. The van der Waals surface area contributed by atoms with Crippen molar-refractivity contribution >= 4 is 40.3 Å². The number of aliphatic hydroxyl groups excluding tert-OH is 1. The molecule has 0 spiro atoms. The molecule has 1 aromatic heterocycles. The molecule has 5 rings (SSSR count). The van der Waals surface area contributed by atoms with Gasteiger partial charge in [-0.15, -0.1) is 0 Å². The van der Waals surface area contributed by atoms with Crippen molar-refractivity contribution in [3.05, 3.63) is 86.7 Å². The molecule has 12 nitrogen and oxygen atoms in total. The summed E-state index contributed by atoms with van der Waals surface area (Å²) in [7, 11) is 1.37. The number of methoxy groups -OCH3 is 1. The number of fused-ring (bicyclic) bond motifs is 1. The Hall–Kier alpha value is -4.62. The molecule has 13 heteroatoms. The Morgan fingerprint density at radius 2 is 1.78 bits per heavy atom. The first-order valence-electron chi connectivity index (χ1n) is 14.2. The fourth-order valence-corrected chi connectivity index (χ4v) is 5.65. The summed E-state index contributed by atoms with van der Waals surface area (Å²) in [6.45, 7) is 6.78. The maximum Gasteiger partial charge on any atom is 0.404 e. The number of aromatic hydroxyl groups is 1. The van der Waals surface area contributed by atoms with Crippen molar-refractivity contribution in [1.82, 2.24) is 0 Å². The largest absolute Gasteiger partial charge is 0.505 e. The molecule has 1 fully saturated rings. The Morgan fingerprint density at radius 1 is 1.07 bits per heavy atom. The quantitative estimate of drug-likeness (QED) is 0.198. The Bertz CT molecular complexity index is 1890. The monoisotopic (exact) mass is 652 g/mol. The average Bonchev–Trinajstić information content (AvgIpc) is 3.00. The first kappa shape index (κ1) is 32.8. The van der Waals surface area contributed by atoms with Crippen LogP contribution in [0.2, 0.25) is 5.02 Å². The van der Waals surface area contributed by atoms with E-state index in [4.69, 9.17) is 40.7 Å². The lowest BCUT2D eigenvalue weighted by Gasteiger charge is -2.47. The van der Waals surface area contributed by atoms with Gasteiger partial charge in [-0.25, -0.2) is 9.59 Å². The van der Waals surface area contributed by atoms with E-state index < -0.39 is 59.3 Å². The third-order valence-corrected chi connectivity index (χ3v) is 8.29. The molecule has 1 aliphatic rings. The number of amides is 2. The normalized spacial score (nSPS) is 20.7. The van der Waals surface area contributed by atoms with E-state index in [0.717, 1.165) is 16.7 Å². The van der Waals surface area contributed by atoms with Crippen LogP contribution in [-0.4, -0.2) is 59.5 Å². The highest BCUT2D eigenvalue weighted by Gasteiger charge is 2.53. The van der Waals surface area contributed by atoms with Gasteiger partial charge in [0.1, 0.15) is 17.4 Å². The molecule has 0 bridgehead atoms. The number of ether oxygens (including phenoxy) is 4. The van der Waals surface area contributed by atoms with E-state index in [0.29, 0.717) is 5.02 Å². The maximum absolute atomic E-state index is 13.2. The maximum atomic E-state index is 13.2. The second-order valence-electron chi connectivity index (χ2n) is 11.4. The van der Waals surface area contributed by atoms with Crippen LogP contribution in [0.4, 0.5) is 10.5 Å². The zero-order valence-electron chi connectivity index (χ0n) is 25.6. The van der Waals surface area contributed by atoms with Crippen LogP contribution < -0.4 is 21.4 Å². The summed E-state index contributed by atoms with van der Waals surface area (Å²) in [5.41, 5.74) is 5.61. The smallest absolute Gasteiger partial charge is 0.404 e. The van der Waals surface area contributed by atoms with Crippen molar-refractivity contribution in [2.75, 3.05) is 12.4 Å². The van der Waals surface area contributed by atoms with Crippen molar-refractivity contribution < 1.29 is 43.2 Å². The lowest BCUT2D eigenvalue weighted by Crippen LogP contribution is -2.65. The summed E-state index contributed by atoms with van der Waals surface area (Å²) in [6.07, 6.45) is -6.08. The molecule has 0 saturated carbocycles. The summed E-state index contributed by atoms with van der Waals surface area (Å²) < 4.78 is 28.0. The Kier molecular flexibility index (Phi) is 9.00. The highest BCUT2D eigenvalue weighted by molar-refractivity contribution is 6.31. The van der Waals surface area contributed by atoms with Gasteiger partial charge in [0.25, 0.3) is 5.91 Å². The number of carbonyl (C=O) groups is 2. The minimum atomic E-state index is -1.51. The molecule has 2 heterocycles. The predicted molar refractivity (Wildman–Crippen MR) is 169 cm³/mol. The lowest BCUT2D eigenvalue weighted by molar-refractivity contribution is -0.304. The summed E-state index contributed by atoms with van der Waals surface area (Å²) >= 11 is 6.27. The molecule has 242 valence electrons. The molecular weight excluding hydrogens is 620 g/mol. The molecule has 3 aromatic carbocycles. The summed E-state index contributed by atoms with van der Waals surface area (Å²) in [5, 5.41) is 25.2. The van der Waals surface area contributed by atoms with Gasteiger partial charge in [0, 0.05) is 23.3 Å². The number of hydrogen-bond acceptors (Lipinski definition) is 10. The first-order valence-corrected chi connectivity index (χ1v) is 14.6. The summed E-state index contributed by atoms with van der Waals surface area (Å²) in [4.78, 5) is 37.8. The Morgan fingerprint density at radius 3 is 2.46 bits per heavy atom.